The number of hydrogen-bond donors (Lipinski definition) is 1. The third-order valence-corrected chi connectivity index (χ3v) is 8.12. The molecule has 6 nitrogen and oxygen atoms in total. The van der Waals surface area contributed by atoms with E-state index >= 15 is 0 Å². The van der Waals surface area contributed by atoms with Gasteiger partial charge >= 0.3 is 0 Å². The summed E-state index contributed by atoms with van der Waals surface area (Å²) >= 11 is 2.55. The third-order valence-electron chi connectivity index (χ3n) is 6.03. The van der Waals surface area contributed by atoms with Gasteiger partial charge in [-0.15, -0.1) is 11.3 Å². The van der Waals surface area contributed by atoms with E-state index in [1.807, 2.05) is 61.5 Å². The van der Waals surface area contributed by atoms with Gasteiger partial charge in [0.2, 0.25) is 5.91 Å². The molecule has 1 amide bonds. The van der Waals surface area contributed by atoms with E-state index in [-0.39, 0.29) is 23.0 Å². The molecule has 0 bridgehead atoms. The van der Waals surface area contributed by atoms with Gasteiger partial charge in [0, 0.05) is 16.1 Å². The number of hydrogen-bond acceptors (Lipinski definition) is 6. The summed E-state index contributed by atoms with van der Waals surface area (Å²) in [5.74, 6) is 0.101. The number of ether oxygens (including phenoxy) is 1. The van der Waals surface area contributed by atoms with Crippen molar-refractivity contribution in [3.05, 3.63) is 101 Å². The number of carbonyl (C=O) groups excluding carboxylic acids is 1. The van der Waals surface area contributed by atoms with Gasteiger partial charge in [0.25, 0.3) is 5.56 Å². The average Bonchev–Trinajstić information content (AvgIpc) is 3.38. The topological polar surface area (TPSA) is 73.2 Å². The number of fused-ring (bicyclic) bond motifs is 1. The highest BCUT2D eigenvalue weighted by molar-refractivity contribution is 7.99. The van der Waals surface area contributed by atoms with Crippen molar-refractivity contribution in [3.8, 4) is 21.9 Å². The van der Waals surface area contributed by atoms with Crippen molar-refractivity contribution in [3.63, 3.8) is 0 Å². The van der Waals surface area contributed by atoms with E-state index in [0.29, 0.717) is 33.4 Å². The van der Waals surface area contributed by atoms with Crippen molar-refractivity contribution in [2.24, 2.45) is 0 Å². The van der Waals surface area contributed by atoms with Crippen molar-refractivity contribution >= 4 is 44.9 Å². The molecule has 5 rings (SSSR count). The van der Waals surface area contributed by atoms with E-state index in [2.05, 4.69) is 12.2 Å². The zero-order valence-electron chi connectivity index (χ0n) is 21.4. The number of para-hydroxylation sites is 1. The fourth-order valence-corrected chi connectivity index (χ4v) is 5.98. The molecule has 0 saturated heterocycles. The van der Waals surface area contributed by atoms with Crippen LogP contribution in [-0.2, 0) is 11.2 Å². The van der Waals surface area contributed by atoms with Crippen molar-refractivity contribution in [2.75, 3.05) is 17.7 Å². The number of rotatable bonds is 9. The Bertz CT molecular complexity index is 1680. The van der Waals surface area contributed by atoms with Crippen LogP contribution in [0.1, 0.15) is 19.4 Å². The zero-order valence-corrected chi connectivity index (χ0v) is 23.1. The quantitative estimate of drug-likeness (QED) is 0.156. The van der Waals surface area contributed by atoms with Gasteiger partial charge in [-0.2, -0.15) is 0 Å². The number of aryl methyl sites for hydroxylation is 1. The Morgan fingerprint density at radius 3 is 2.51 bits per heavy atom. The highest BCUT2D eigenvalue weighted by Crippen LogP contribution is 2.37. The largest absolute Gasteiger partial charge is 0.493 e. The van der Waals surface area contributed by atoms with E-state index in [0.717, 1.165) is 28.2 Å². The van der Waals surface area contributed by atoms with E-state index in [9.17, 15) is 14.0 Å². The van der Waals surface area contributed by atoms with Crippen molar-refractivity contribution in [2.45, 2.75) is 25.4 Å². The lowest BCUT2D eigenvalue weighted by atomic mass is 10.1. The summed E-state index contributed by atoms with van der Waals surface area (Å²) in [5, 5.41) is 3.17. The van der Waals surface area contributed by atoms with E-state index in [4.69, 9.17) is 9.72 Å². The number of amides is 1. The van der Waals surface area contributed by atoms with Gasteiger partial charge in [-0.25, -0.2) is 9.37 Å². The number of carbonyl (C=O) groups is 1. The molecule has 1 N–H and O–H groups in total. The highest BCUT2D eigenvalue weighted by atomic mass is 32.2. The van der Waals surface area contributed by atoms with Crippen LogP contribution < -0.4 is 15.6 Å². The van der Waals surface area contributed by atoms with Crippen molar-refractivity contribution < 1.29 is 13.9 Å². The Labute approximate surface area is 233 Å². The number of benzene rings is 3. The second-order valence-corrected chi connectivity index (χ2v) is 10.6. The molecule has 0 aliphatic heterocycles. The highest BCUT2D eigenvalue weighted by Gasteiger charge is 2.19. The van der Waals surface area contributed by atoms with Crippen LogP contribution in [0.5, 0.6) is 5.75 Å². The summed E-state index contributed by atoms with van der Waals surface area (Å²) in [5.41, 5.74) is 3.59. The molecule has 0 saturated carbocycles. The second kappa shape index (κ2) is 11.8. The van der Waals surface area contributed by atoms with E-state index in [1.54, 1.807) is 4.57 Å². The van der Waals surface area contributed by atoms with Gasteiger partial charge in [-0.3, -0.25) is 14.2 Å². The lowest BCUT2D eigenvalue weighted by Gasteiger charge is -2.12. The van der Waals surface area contributed by atoms with Crippen LogP contribution in [0.2, 0.25) is 0 Å². The number of halogens is 1. The SMILES string of the molecule is CCOc1ccccc1-c1cc2nc(SCC(=O)Nc3ccc(F)cc3)n(-c3ccc(CC)cc3)c(=O)c2s1. The van der Waals surface area contributed by atoms with Gasteiger partial charge in [-0.05, 0) is 73.5 Å². The number of thioether (sulfide) groups is 1. The molecule has 0 spiro atoms. The molecule has 0 unspecified atom stereocenters. The molecule has 2 aromatic heterocycles. The summed E-state index contributed by atoms with van der Waals surface area (Å²) in [6.07, 6.45) is 0.880. The molecule has 5 aromatic rings. The van der Waals surface area contributed by atoms with Gasteiger partial charge in [0.05, 0.1) is 23.6 Å². The van der Waals surface area contributed by atoms with Crippen molar-refractivity contribution in [1.82, 2.24) is 9.55 Å². The zero-order chi connectivity index (χ0) is 27.4. The van der Waals surface area contributed by atoms with Crippen LogP contribution in [0.25, 0.3) is 26.3 Å². The molecule has 0 aliphatic rings. The summed E-state index contributed by atoms with van der Waals surface area (Å²) < 4.78 is 21.1. The lowest BCUT2D eigenvalue weighted by Crippen LogP contribution is -2.22. The van der Waals surface area contributed by atoms with Crippen molar-refractivity contribution in [1.29, 1.82) is 0 Å². The van der Waals surface area contributed by atoms with Crippen LogP contribution in [-0.4, -0.2) is 27.8 Å². The minimum atomic E-state index is -0.378. The third kappa shape index (κ3) is 5.89. The normalized spacial score (nSPS) is 11.1. The first-order valence-electron chi connectivity index (χ1n) is 12.5. The molecule has 198 valence electrons. The van der Waals surface area contributed by atoms with E-state index < -0.39 is 0 Å². The first kappa shape index (κ1) is 26.6. The average molecular weight is 560 g/mol. The minimum Gasteiger partial charge on any atom is -0.493 e. The fourth-order valence-electron chi connectivity index (χ4n) is 4.11. The Morgan fingerprint density at radius 1 is 1.05 bits per heavy atom. The lowest BCUT2D eigenvalue weighted by molar-refractivity contribution is -0.113. The summed E-state index contributed by atoms with van der Waals surface area (Å²) in [4.78, 5) is 32.3. The number of aromatic nitrogens is 2. The summed E-state index contributed by atoms with van der Waals surface area (Å²) in [6, 6.07) is 23.0. The maximum atomic E-state index is 13.9. The maximum absolute atomic E-state index is 13.9. The first-order valence-corrected chi connectivity index (χ1v) is 14.3. The molecule has 0 radical (unpaired) electrons. The molecular weight excluding hydrogens is 533 g/mol. The Hall–Kier alpha value is -3.95. The number of nitrogens with zero attached hydrogens (tertiary/aromatic N) is 2. The predicted octanol–water partition coefficient (Wildman–Crippen LogP) is 6.95. The first-order chi connectivity index (χ1) is 19.0. The van der Waals surface area contributed by atoms with Crippen LogP contribution >= 0.6 is 23.1 Å². The van der Waals surface area contributed by atoms with Gasteiger partial charge in [0.15, 0.2) is 5.16 Å². The van der Waals surface area contributed by atoms with Gasteiger partial charge in [-0.1, -0.05) is 43.0 Å². The molecule has 0 fully saturated rings. The molecule has 39 heavy (non-hydrogen) atoms. The smallest absolute Gasteiger partial charge is 0.276 e. The van der Waals surface area contributed by atoms with E-state index in [1.165, 1.54) is 47.4 Å². The molecule has 3 aromatic carbocycles. The Balaban J connectivity index is 1.54. The Kier molecular flexibility index (Phi) is 8.09. The molecule has 0 aliphatic carbocycles. The van der Waals surface area contributed by atoms with Gasteiger partial charge < -0.3 is 10.1 Å². The molecule has 9 heteroatoms. The Morgan fingerprint density at radius 2 is 1.79 bits per heavy atom. The maximum Gasteiger partial charge on any atom is 0.276 e. The van der Waals surface area contributed by atoms with Crippen LogP contribution in [0.15, 0.2) is 88.8 Å². The summed E-state index contributed by atoms with van der Waals surface area (Å²) in [6.45, 7) is 4.53. The monoisotopic (exact) mass is 559 g/mol. The second-order valence-electron chi connectivity index (χ2n) is 8.65. The number of thiophene rings is 1. The molecule has 0 atom stereocenters. The van der Waals surface area contributed by atoms with Crippen LogP contribution in [0, 0.1) is 5.82 Å². The molecule has 2 heterocycles. The molecular formula is C30H26FN3O3S2. The predicted molar refractivity (Wildman–Crippen MR) is 157 cm³/mol. The van der Waals surface area contributed by atoms with Crippen LogP contribution in [0.3, 0.4) is 0 Å². The summed E-state index contributed by atoms with van der Waals surface area (Å²) in [7, 11) is 0. The van der Waals surface area contributed by atoms with Gasteiger partial charge in [0.1, 0.15) is 16.3 Å². The standard InChI is InChI=1S/C30H26FN3O3S2/c1-3-19-9-15-22(16-10-19)34-29(36)28-24(17-26(39-28)23-7-5-6-8-25(23)37-4-2)33-30(34)38-18-27(35)32-21-13-11-20(31)12-14-21/h5-17H,3-4,18H2,1-2H3,(H,32,35). The van der Waals surface area contributed by atoms with Crippen LogP contribution in [0.4, 0.5) is 10.1 Å². The fraction of sp³-hybridized carbons (Fsp3) is 0.167. The number of anilines is 1. The minimum absolute atomic E-state index is 0.0204. The number of nitrogens with one attached hydrogen (secondary N) is 1.